The molecule has 0 saturated carbocycles. The molecule has 1 aliphatic rings. The lowest BCUT2D eigenvalue weighted by Gasteiger charge is -2.00. The molecule has 3 rings (SSSR count). The Hall–Kier alpha value is -1.82. The quantitative estimate of drug-likeness (QED) is 0.802. The van der Waals surface area contributed by atoms with Crippen LogP contribution in [-0.4, -0.2) is 28.0 Å². The van der Waals surface area contributed by atoms with Crippen molar-refractivity contribution in [3.05, 3.63) is 29.8 Å². The van der Waals surface area contributed by atoms with Gasteiger partial charge in [-0.3, -0.25) is 4.79 Å². The highest BCUT2D eigenvalue weighted by Crippen LogP contribution is 2.31. The van der Waals surface area contributed by atoms with Crippen molar-refractivity contribution in [2.24, 2.45) is 0 Å². The summed E-state index contributed by atoms with van der Waals surface area (Å²) in [6.07, 6.45) is 0.686. The first kappa shape index (κ1) is 12.2. The van der Waals surface area contributed by atoms with Gasteiger partial charge >= 0.3 is 5.97 Å². The summed E-state index contributed by atoms with van der Waals surface area (Å²) in [6, 6.07) is 7.80. The van der Waals surface area contributed by atoms with Crippen LogP contribution in [-0.2, 0) is 9.53 Å². The molecule has 0 spiro atoms. The first-order valence-electron chi connectivity index (χ1n) is 5.97. The van der Waals surface area contributed by atoms with Crippen LogP contribution in [0.2, 0.25) is 0 Å². The van der Waals surface area contributed by atoms with Crippen molar-refractivity contribution in [3.63, 3.8) is 0 Å². The van der Waals surface area contributed by atoms with E-state index in [1.807, 2.05) is 31.2 Å². The highest BCUT2D eigenvalue weighted by atomic mass is 32.2. The average molecular weight is 276 g/mol. The zero-order valence-electron chi connectivity index (χ0n) is 10.3. The molecule has 0 aliphatic carbocycles. The number of nitrogens with zero attached hydrogens (tertiary/aromatic N) is 2. The zero-order valence-corrected chi connectivity index (χ0v) is 11.1. The van der Waals surface area contributed by atoms with E-state index >= 15 is 0 Å². The molecular formula is C13H12N2O3S. The number of cyclic esters (lactones) is 1. The Morgan fingerprint density at radius 3 is 2.89 bits per heavy atom. The number of ether oxygens (including phenoxy) is 1. The Morgan fingerprint density at radius 2 is 2.16 bits per heavy atom. The van der Waals surface area contributed by atoms with Crippen LogP contribution in [0.25, 0.3) is 11.5 Å². The molecule has 98 valence electrons. The van der Waals surface area contributed by atoms with Gasteiger partial charge in [-0.05, 0) is 30.3 Å². The Labute approximate surface area is 114 Å². The summed E-state index contributed by atoms with van der Waals surface area (Å²) in [6.45, 7) is 2.45. The number of esters is 1. The van der Waals surface area contributed by atoms with Crippen LogP contribution in [0.1, 0.15) is 12.0 Å². The Morgan fingerprint density at radius 1 is 1.32 bits per heavy atom. The van der Waals surface area contributed by atoms with Gasteiger partial charge in [0.1, 0.15) is 5.25 Å². The molecule has 1 fully saturated rings. The van der Waals surface area contributed by atoms with Crippen LogP contribution in [0.15, 0.2) is 33.9 Å². The first-order valence-corrected chi connectivity index (χ1v) is 6.85. The number of rotatable bonds is 3. The van der Waals surface area contributed by atoms with Crippen LogP contribution in [0.4, 0.5) is 0 Å². The smallest absolute Gasteiger partial charge is 0.319 e. The standard InChI is InChI=1S/C13H12N2O3S/c1-8-4-2-3-5-9(8)11-14-15-13(18-11)19-10-6-7-17-12(10)16/h2-5,10H,6-7H2,1H3/t10-/m0/s1. The van der Waals surface area contributed by atoms with Crippen molar-refractivity contribution in [1.29, 1.82) is 0 Å². The van der Waals surface area contributed by atoms with Gasteiger partial charge in [-0.15, -0.1) is 10.2 Å². The fourth-order valence-electron chi connectivity index (χ4n) is 1.89. The molecule has 0 N–H and O–H groups in total. The van der Waals surface area contributed by atoms with E-state index in [0.29, 0.717) is 24.1 Å². The van der Waals surface area contributed by atoms with Crippen molar-refractivity contribution >= 4 is 17.7 Å². The van der Waals surface area contributed by atoms with Crippen LogP contribution < -0.4 is 0 Å². The molecule has 0 unspecified atom stereocenters. The fraction of sp³-hybridized carbons (Fsp3) is 0.308. The van der Waals surface area contributed by atoms with Crippen LogP contribution >= 0.6 is 11.8 Å². The lowest BCUT2D eigenvalue weighted by Crippen LogP contribution is -2.09. The van der Waals surface area contributed by atoms with Gasteiger partial charge in [0, 0.05) is 12.0 Å². The summed E-state index contributed by atoms with van der Waals surface area (Å²) in [7, 11) is 0. The number of benzene rings is 1. The van der Waals surface area contributed by atoms with E-state index < -0.39 is 0 Å². The largest absolute Gasteiger partial charge is 0.465 e. The predicted octanol–water partition coefficient (Wildman–Crippen LogP) is 2.45. The van der Waals surface area contributed by atoms with Crippen LogP contribution in [0.3, 0.4) is 0 Å². The monoisotopic (exact) mass is 276 g/mol. The molecule has 0 amide bonds. The van der Waals surface area contributed by atoms with Gasteiger partial charge < -0.3 is 9.15 Å². The number of thioether (sulfide) groups is 1. The molecule has 0 radical (unpaired) electrons. The second-order valence-electron chi connectivity index (χ2n) is 4.25. The fourth-order valence-corrected chi connectivity index (χ4v) is 2.72. The zero-order chi connectivity index (χ0) is 13.2. The summed E-state index contributed by atoms with van der Waals surface area (Å²) >= 11 is 1.27. The van der Waals surface area contributed by atoms with Gasteiger partial charge in [0.15, 0.2) is 0 Å². The van der Waals surface area contributed by atoms with E-state index in [4.69, 9.17) is 9.15 Å². The molecule has 1 saturated heterocycles. The third-order valence-electron chi connectivity index (χ3n) is 2.91. The highest BCUT2D eigenvalue weighted by molar-refractivity contribution is 8.00. The molecule has 2 heterocycles. The molecule has 2 aromatic rings. The second kappa shape index (κ2) is 5.05. The lowest BCUT2D eigenvalue weighted by atomic mass is 10.1. The maximum absolute atomic E-state index is 11.4. The van der Waals surface area contributed by atoms with Gasteiger partial charge in [-0.1, -0.05) is 18.2 Å². The number of hydrogen-bond acceptors (Lipinski definition) is 6. The number of carbonyl (C=O) groups excluding carboxylic acids is 1. The molecule has 6 heteroatoms. The minimum Gasteiger partial charge on any atom is -0.465 e. The van der Waals surface area contributed by atoms with Gasteiger partial charge in [0.2, 0.25) is 5.89 Å². The summed E-state index contributed by atoms with van der Waals surface area (Å²) in [4.78, 5) is 11.4. The molecule has 19 heavy (non-hydrogen) atoms. The van der Waals surface area contributed by atoms with E-state index in [1.165, 1.54) is 11.8 Å². The number of aryl methyl sites for hydroxylation is 1. The maximum atomic E-state index is 11.4. The Balaban J connectivity index is 1.80. The molecule has 5 nitrogen and oxygen atoms in total. The topological polar surface area (TPSA) is 65.2 Å². The highest BCUT2D eigenvalue weighted by Gasteiger charge is 2.29. The maximum Gasteiger partial charge on any atom is 0.319 e. The molecular weight excluding hydrogens is 264 g/mol. The van der Waals surface area contributed by atoms with Crippen molar-refractivity contribution in [2.45, 2.75) is 23.8 Å². The van der Waals surface area contributed by atoms with Gasteiger partial charge in [-0.25, -0.2) is 0 Å². The van der Waals surface area contributed by atoms with Crippen LogP contribution in [0.5, 0.6) is 0 Å². The number of hydrogen-bond donors (Lipinski definition) is 0. The van der Waals surface area contributed by atoms with Gasteiger partial charge in [0.25, 0.3) is 5.22 Å². The summed E-state index contributed by atoms with van der Waals surface area (Å²) in [5.41, 5.74) is 1.99. The van der Waals surface area contributed by atoms with Gasteiger partial charge in [-0.2, -0.15) is 0 Å². The van der Waals surface area contributed by atoms with E-state index in [2.05, 4.69) is 10.2 Å². The average Bonchev–Trinajstić information content (AvgIpc) is 3.01. The number of carbonyl (C=O) groups is 1. The van der Waals surface area contributed by atoms with Crippen molar-refractivity contribution < 1.29 is 13.9 Å². The lowest BCUT2D eigenvalue weighted by molar-refractivity contribution is -0.137. The normalized spacial score (nSPS) is 18.6. The minimum absolute atomic E-state index is 0.208. The summed E-state index contributed by atoms with van der Waals surface area (Å²) in [5.74, 6) is 0.271. The predicted molar refractivity (Wildman–Crippen MR) is 69.7 cm³/mol. The Kier molecular flexibility index (Phi) is 3.25. The van der Waals surface area contributed by atoms with Crippen LogP contribution in [0, 0.1) is 6.92 Å². The molecule has 1 atom stereocenters. The summed E-state index contributed by atoms with van der Waals surface area (Å²) < 4.78 is 10.5. The second-order valence-corrected chi connectivity index (χ2v) is 5.40. The van der Waals surface area contributed by atoms with Gasteiger partial charge in [0.05, 0.1) is 6.61 Å². The van der Waals surface area contributed by atoms with E-state index in [-0.39, 0.29) is 11.2 Å². The molecule has 1 aromatic carbocycles. The van der Waals surface area contributed by atoms with E-state index in [9.17, 15) is 4.79 Å². The number of aromatic nitrogens is 2. The minimum atomic E-state index is -0.231. The third-order valence-corrected chi connectivity index (χ3v) is 3.99. The first-order chi connectivity index (χ1) is 9.24. The van der Waals surface area contributed by atoms with E-state index in [1.54, 1.807) is 0 Å². The molecule has 0 bridgehead atoms. The van der Waals surface area contributed by atoms with E-state index in [0.717, 1.165) is 11.1 Å². The SMILES string of the molecule is Cc1ccccc1-c1nnc(S[C@H]2CCOC2=O)o1. The van der Waals surface area contributed by atoms with Crippen molar-refractivity contribution in [3.8, 4) is 11.5 Å². The molecule has 1 aliphatic heterocycles. The van der Waals surface area contributed by atoms with Crippen molar-refractivity contribution in [2.75, 3.05) is 6.61 Å². The summed E-state index contributed by atoms with van der Waals surface area (Å²) in [5, 5.41) is 8.17. The molecule has 1 aromatic heterocycles. The van der Waals surface area contributed by atoms with Crippen molar-refractivity contribution in [1.82, 2.24) is 10.2 Å². The third kappa shape index (κ3) is 2.49. The Bertz CT molecular complexity index is 611.